The van der Waals surface area contributed by atoms with Crippen LogP contribution in [0.2, 0.25) is 0 Å². The van der Waals surface area contributed by atoms with Crippen LogP contribution in [0, 0.1) is 11.6 Å². The molecule has 148 valence electrons. The normalized spacial score (nSPS) is 20.2. The molecule has 3 rings (SSSR count). The number of carbonyl (C=O) groups excluding carboxylic acids is 1. The van der Waals surface area contributed by atoms with Crippen LogP contribution in [0.15, 0.2) is 53.6 Å². The number of rotatable bonds is 6. The van der Waals surface area contributed by atoms with Gasteiger partial charge in [-0.1, -0.05) is 30.3 Å². The van der Waals surface area contributed by atoms with E-state index in [0.29, 0.717) is 12.8 Å². The molecule has 1 aliphatic rings. The Labute approximate surface area is 161 Å². The van der Waals surface area contributed by atoms with Crippen molar-refractivity contribution >= 4 is 11.6 Å². The fourth-order valence-electron chi connectivity index (χ4n) is 3.66. The third-order valence-corrected chi connectivity index (χ3v) is 5.06. The van der Waals surface area contributed by atoms with Gasteiger partial charge in [-0.25, -0.2) is 18.2 Å². The number of alkyl halides is 1. The molecule has 0 spiro atoms. The first-order chi connectivity index (χ1) is 13.4. The largest absolute Gasteiger partial charge is 0.325 e. The van der Waals surface area contributed by atoms with Gasteiger partial charge in [-0.15, -0.1) is 0 Å². The Morgan fingerprint density at radius 1 is 1.25 bits per heavy atom. The fraction of sp³-hybridized carbons (Fsp3) is 0.333. The smallest absolute Gasteiger partial charge is 0.240 e. The molecule has 2 N–H and O–H groups in total. The predicted molar refractivity (Wildman–Crippen MR) is 101 cm³/mol. The molecule has 1 aliphatic heterocycles. The molecule has 0 bridgehead atoms. The molecule has 1 heterocycles. The highest BCUT2D eigenvalue weighted by molar-refractivity contribution is 6.03. The van der Waals surface area contributed by atoms with Crippen LogP contribution in [0.3, 0.4) is 0 Å². The van der Waals surface area contributed by atoms with Crippen LogP contribution in [0.1, 0.15) is 37.3 Å². The van der Waals surface area contributed by atoms with Crippen molar-refractivity contribution in [3.63, 3.8) is 0 Å². The van der Waals surface area contributed by atoms with Crippen molar-refractivity contribution in [3.05, 3.63) is 71.3 Å². The number of amides is 1. The second kappa shape index (κ2) is 8.14. The highest BCUT2D eigenvalue weighted by Crippen LogP contribution is 2.43. The summed E-state index contributed by atoms with van der Waals surface area (Å²) in [4.78, 5) is 12.4. The van der Waals surface area contributed by atoms with Gasteiger partial charge in [0.25, 0.3) is 0 Å². The van der Waals surface area contributed by atoms with Crippen molar-refractivity contribution in [2.75, 3.05) is 6.67 Å². The van der Waals surface area contributed by atoms with Gasteiger partial charge in [0.1, 0.15) is 18.3 Å². The van der Waals surface area contributed by atoms with Crippen LogP contribution in [0.4, 0.5) is 13.2 Å². The Hall–Kier alpha value is -2.67. The van der Waals surface area contributed by atoms with Gasteiger partial charge in [0, 0.05) is 24.9 Å². The van der Waals surface area contributed by atoms with Crippen LogP contribution in [0.5, 0.6) is 0 Å². The zero-order valence-corrected chi connectivity index (χ0v) is 15.5. The van der Waals surface area contributed by atoms with E-state index in [1.807, 2.05) is 30.3 Å². The molecule has 0 aliphatic carbocycles. The highest BCUT2D eigenvalue weighted by atomic mass is 19.1. The van der Waals surface area contributed by atoms with Crippen molar-refractivity contribution in [1.82, 2.24) is 5.01 Å². The lowest BCUT2D eigenvalue weighted by atomic mass is 9.79. The van der Waals surface area contributed by atoms with Crippen molar-refractivity contribution in [2.24, 2.45) is 10.8 Å². The molecular weight excluding hydrogens is 367 g/mol. The summed E-state index contributed by atoms with van der Waals surface area (Å²) in [5, 5.41) is 5.65. The van der Waals surface area contributed by atoms with E-state index in [2.05, 4.69) is 5.10 Å². The van der Waals surface area contributed by atoms with E-state index in [1.54, 1.807) is 0 Å². The maximum Gasteiger partial charge on any atom is 0.240 e. The number of hydrogen-bond acceptors (Lipinski definition) is 3. The third-order valence-electron chi connectivity index (χ3n) is 5.06. The molecule has 2 aromatic rings. The van der Waals surface area contributed by atoms with Crippen LogP contribution >= 0.6 is 0 Å². The Morgan fingerprint density at radius 3 is 2.61 bits per heavy atom. The van der Waals surface area contributed by atoms with E-state index >= 15 is 0 Å². The average Bonchev–Trinajstić information content (AvgIpc) is 3.09. The first-order valence-electron chi connectivity index (χ1n) is 9.08. The van der Waals surface area contributed by atoms with E-state index in [4.69, 9.17) is 5.73 Å². The number of nitrogens with zero attached hydrogens (tertiary/aromatic N) is 2. The summed E-state index contributed by atoms with van der Waals surface area (Å²) in [5.74, 6) is -1.55. The first-order valence-corrected chi connectivity index (χ1v) is 9.08. The summed E-state index contributed by atoms with van der Waals surface area (Å²) in [6, 6.07) is 11.6. The summed E-state index contributed by atoms with van der Waals surface area (Å²) >= 11 is 0. The fourth-order valence-corrected chi connectivity index (χ4v) is 3.66. The molecule has 0 unspecified atom stereocenters. The number of nitrogens with two attached hydrogens (primary N) is 1. The molecule has 1 amide bonds. The van der Waals surface area contributed by atoms with Gasteiger partial charge in [0.15, 0.2) is 0 Å². The van der Waals surface area contributed by atoms with Crippen molar-refractivity contribution in [3.8, 4) is 0 Å². The summed E-state index contributed by atoms with van der Waals surface area (Å²) in [7, 11) is 0. The average molecular weight is 389 g/mol. The predicted octanol–water partition coefficient (Wildman–Crippen LogP) is 3.89. The zero-order chi connectivity index (χ0) is 20.3. The lowest BCUT2D eigenvalue weighted by Crippen LogP contribution is -2.44. The molecule has 0 fully saturated rings. The van der Waals surface area contributed by atoms with E-state index < -0.39 is 29.9 Å². The minimum Gasteiger partial charge on any atom is -0.325 e. The minimum absolute atomic E-state index is 0.0128. The number of carbonyl (C=O) groups is 1. The van der Waals surface area contributed by atoms with Crippen LogP contribution < -0.4 is 5.73 Å². The minimum atomic E-state index is -0.937. The number of hydrogen-bond donors (Lipinski definition) is 1. The lowest BCUT2D eigenvalue weighted by Gasteiger charge is -2.37. The van der Waals surface area contributed by atoms with Gasteiger partial charge in [-0.3, -0.25) is 4.79 Å². The van der Waals surface area contributed by atoms with E-state index in [1.165, 1.54) is 11.9 Å². The van der Waals surface area contributed by atoms with Crippen molar-refractivity contribution in [1.29, 1.82) is 0 Å². The second-order valence-electron chi connectivity index (χ2n) is 7.03. The lowest BCUT2D eigenvalue weighted by molar-refractivity contribution is -0.135. The van der Waals surface area contributed by atoms with Gasteiger partial charge in [-0.2, -0.15) is 5.10 Å². The maximum absolute atomic E-state index is 14.4. The van der Waals surface area contributed by atoms with Crippen molar-refractivity contribution < 1.29 is 18.0 Å². The Kier molecular flexibility index (Phi) is 5.84. The third kappa shape index (κ3) is 3.80. The molecule has 0 radical (unpaired) electrons. The summed E-state index contributed by atoms with van der Waals surface area (Å²) < 4.78 is 41.0. The topological polar surface area (TPSA) is 58.7 Å². The molecule has 0 saturated carbocycles. The SMILES string of the molecule is CC(=O)N1N=C(c2cc(F)ccc2F)C[C@@]1(CC[C@@H](N)CF)c1ccccc1. The molecule has 7 heteroatoms. The van der Waals surface area contributed by atoms with E-state index in [0.717, 1.165) is 23.8 Å². The second-order valence-corrected chi connectivity index (χ2v) is 7.03. The van der Waals surface area contributed by atoms with Crippen LogP contribution in [0.25, 0.3) is 0 Å². The highest BCUT2D eigenvalue weighted by Gasteiger charge is 2.46. The van der Waals surface area contributed by atoms with Gasteiger partial charge < -0.3 is 5.73 Å². The summed E-state index contributed by atoms with van der Waals surface area (Å²) in [5.41, 5.74) is 5.90. The molecular formula is C21H22F3N3O. The van der Waals surface area contributed by atoms with Gasteiger partial charge in [0.2, 0.25) is 5.91 Å². The number of benzene rings is 2. The van der Waals surface area contributed by atoms with E-state index in [9.17, 15) is 18.0 Å². The molecule has 2 aromatic carbocycles. The molecule has 0 saturated heterocycles. The first kappa shape index (κ1) is 20.1. The maximum atomic E-state index is 14.4. The van der Waals surface area contributed by atoms with Crippen molar-refractivity contribution in [2.45, 2.75) is 37.8 Å². The molecule has 2 atom stereocenters. The zero-order valence-electron chi connectivity index (χ0n) is 15.5. The van der Waals surface area contributed by atoms with Crippen LogP contribution in [-0.2, 0) is 10.3 Å². The molecule has 0 aromatic heterocycles. The standard InChI is InChI=1S/C21H22F3N3O/c1-14(28)27-21(10-9-17(25)13-22,15-5-3-2-4-6-15)12-20(26-27)18-11-16(23)7-8-19(18)24/h2-8,11,17H,9-10,12-13,25H2,1H3/t17-,21+/m1/s1. The Morgan fingerprint density at radius 2 is 1.96 bits per heavy atom. The summed E-state index contributed by atoms with van der Waals surface area (Å²) in [6.07, 6.45) is 0.825. The molecule has 4 nitrogen and oxygen atoms in total. The van der Waals surface area contributed by atoms with Gasteiger partial charge >= 0.3 is 0 Å². The van der Waals surface area contributed by atoms with Gasteiger partial charge in [-0.05, 0) is 36.6 Å². The van der Waals surface area contributed by atoms with Gasteiger partial charge in [0.05, 0.1) is 11.3 Å². The summed E-state index contributed by atoms with van der Waals surface area (Å²) in [6.45, 7) is 0.679. The monoisotopic (exact) mass is 389 g/mol. The number of halogens is 3. The van der Waals surface area contributed by atoms with E-state index in [-0.39, 0.29) is 23.6 Å². The molecule has 28 heavy (non-hydrogen) atoms. The Balaban J connectivity index is 2.08. The quantitative estimate of drug-likeness (QED) is 0.815. The van der Waals surface area contributed by atoms with Crippen LogP contribution in [-0.4, -0.2) is 29.3 Å². The number of hydrazone groups is 1. The Bertz CT molecular complexity index is 888.